The van der Waals surface area contributed by atoms with Crippen LogP contribution in [-0.2, 0) is 4.74 Å². The summed E-state index contributed by atoms with van der Waals surface area (Å²) in [6.07, 6.45) is 4.70. The van der Waals surface area contributed by atoms with E-state index in [1.807, 2.05) is 43.3 Å². The van der Waals surface area contributed by atoms with E-state index >= 15 is 0 Å². The van der Waals surface area contributed by atoms with E-state index in [-0.39, 0.29) is 12.3 Å². The number of para-hydroxylation sites is 1. The van der Waals surface area contributed by atoms with Gasteiger partial charge in [0.25, 0.3) is 0 Å². The van der Waals surface area contributed by atoms with Crippen molar-refractivity contribution in [2.75, 3.05) is 4.90 Å². The minimum Gasteiger partial charge on any atom is -0.434 e. The van der Waals surface area contributed by atoms with Gasteiger partial charge in [-0.1, -0.05) is 18.2 Å². The van der Waals surface area contributed by atoms with Crippen molar-refractivity contribution in [1.29, 1.82) is 0 Å². The fourth-order valence-electron chi connectivity index (χ4n) is 2.18. The molecule has 3 rings (SSSR count). The fraction of sp³-hybridized carbons (Fsp3) is 0.231. The number of carbonyl (C=O) groups is 1. The van der Waals surface area contributed by atoms with Crippen molar-refractivity contribution in [2.24, 2.45) is 4.99 Å². The highest BCUT2D eigenvalue weighted by Gasteiger charge is 2.50. The summed E-state index contributed by atoms with van der Waals surface area (Å²) in [5.41, 5.74) is 0.139. The number of hydrogen-bond acceptors (Lipinski definition) is 3. The molecule has 0 aromatic heterocycles. The monoisotopic (exact) mass is 228 g/mol. The molecule has 0 unspecified atom stereocenters. The molecular weight excluding hydrogens is 216 g/mol. The van der Waals surface area contributed by atoms with E-state index in [2.05, 4.69) is 4.99 Å². The van der Waals surface area contributed by atoms with Crippen LogP contribution in [0.15, 0.2) is 47.5 Å². The number of dihydropyridines is 1. The largest absolute Gasteiger partial charge is 0.434 e. The molecular formula is C13H12N2O2. The van der Waals surface area contributed by atoms with E-state index in [0.717, 1.165) is 5.69 Å². The Bertz CT molecular complexity index is 509. The van der Waals surface area contributed by atoms with Crippen LogP contribution in [-0.4, -0.2) is 24.1 Å². The molecule has 17 heavy (non-hydrogen) atoms. The first-order valence-corrected chi connectivity index (χ1v) is 5.49. The van der Waals surface area contributed by atoms with Gasteiger partial charge in [0.1, 0.15) is 0 Å². The Balaban J connectivity index is 2.04. The number of carbonyl (C=O) groups excluding carboxylic acids is 1. The number of aliphatic imine (C=N–C) groups is 1. The number of ether oxygens (including phenoxy) is 1. The normalized spacial score (nSPS) is 30.3. The summed E-state index contributed by atoms with van der Waals surface area (Å²) < 4.78 is 5.41. The van der Waals surface area contributed by atoms with Crippen LogP contribution < -0.4 is 4.90 Å². The highest BCUT2D eigenvalue weighted by molar-refractivity contribution is 5.93. The first kappa shape index (κ1) is 10.1. The molecule has 1 saturated heterocycles. The van der Waals surface area contributed by atoms with Gasteiger partial charge < -0.3 is 4.74 Å². The van der Waals surface area contributed by atoms with Crippen LogP contribution >= 0.6 is 0 Å². The molecule has 2 aliphatic heterocycles. The van der Waals surface area contributed by atoms with Crippen LogP contribution in [0.5, 0.6) is 0 Å². The molecule has 0 aliphatic carbocycles. The van der Waals surface area contributed by atoms with Crippen molar-refractivity contribution < 1.29 is 9.53 Å². The van der Waals surface area contributed by atoms with E-state index in [1.165, 1.54) is 0 Å². The molecule has 0 radical (unpaired) electrons. The Labute approximate surface area is 99.2 Å². The lowest BCUT2D eigenvalue weighted by molar-refractivity contribution is 0.0923. The maximum absolute atomic E-state index is 11.9. The summed E-state index contributed by atoms with van der Waals surface area (Å²) >= 11 is 0. The summed E-state index contributed by atoms with van der Waals surface area (Å²) in [5, 5.41) is 0. The van der Waals surface area contributed by atoms with Gasteiger partial charge in [-0.2, -0.15) is 0 Å². The van der Waals surface area contributed by atoms with Gasteiger partial charge in [-0.15, -0.1) is 0 Å². The van der Waals surface area contributed by atoms with E-state index in [9.17, 15) is 4.79 Å². The number of fused-ring (bicyclic) bond motifs is 1. The van der Waals surface area contributed by atoms with Gasteiger partial charge >= 0.3 is 6.09 Å². The van der Waals surface area contributed by atoms with Crippen LogP contribution in [0.25, 0.3) is 0 Å². The molecule has 0 spiro atoms. The van der Waals surface area contributed by atoms with Crippen LogP contribution in [0.1, 0.15) is 6.92 Å². The van der Waals surface area contributed by atoms with Crippen molar-refractivity contribution in [3.05, 3.63) is 42.5 Å². The van der Waals surface area contributed by atoms with Crippen LogP contribution in [0, 0.1) is 0 Å². The lowest BCUT2D eigenvalue weighted by Gasteiger charge is -2.27. The second kappa shape index (κ2) is 3.45. The number of nitrogens with zero attached hydrogens (tertiary/aromatic N) is 2. The molecule has 86 valence electrons. The van der Waals surface area contributed by atoms with E-state index in [1.54, 1.807) is 17.2 Å². The number of rotatable bonds is 1. The zero-order chi connectivity index (χ0) is 11.9. The predicted molar refractivity (Wildman–Crippen MR) is 65.2 cm³/mol. The predicted octanol–water partition coefficient (Wildman–Crippen LogP) is 2.37. The highest BCUT2D eigenvalue weighted by Crippen LogP contribution is 2.36. The maximum Gasteiger partial charge on any atom is 0.417 e. The number of amides is 1. The summed E-state index contributed by atoms with van der Waals surface area (Å²) in [6, 6.07) is 9.44. The van der Waals surface area contributed by atoms with Gasteiger partial charge in [0.2, 0.25) is 0 Å². The second-order valence-electron chi connectivity index (χ2n) is 4.29. The quantitative estimate of drug-likeness (QED) is 0.740. The third kappa shape index (κ3) is 1.45. The molecule has 4 nitrogen and oxygen atoms in total. The first-order chi connectivity index (χ1) is 8.21. The van der Waals surface area contributed by atoms with Gasteiger partial charge in [0, 0.05) is 11.9 Å². The molecule has 0 N–H and O–H groups in total. The number of allylic oxidation sites excluding steroid dienone is 1. The fourth-order valence-corrected chi connectivity index (χ4v) is 2.18. The van der Waals surface area contributed by atoms with Crippen LogP contribution in [0.2, 0.25) is 0 Å². The summed E-state index contributed by atoms with van der Waals surface area (Å²) in [5.74, 6) is 0. The first-order valence-electron chi connectivity index (χ1n) is 5.49. The lowest BCUT2D eigenvalue weighted by Crippen LogP contribution is -2.42. The van der Waals surface area contributed by atoms with E-state index in [0.29, 0.717) is 0 Å². The zero-order valence-corrected chi connectivity index (χ0v) is 9.41. The smallest absolute Gasteiger partial charge is 0.417 e. The van der Waals surface area contributed by atoms with Crippen molar-refractivity contribution in [3.63, 3.8) is 0 Å². The number of hydrogen-bond donors (Lipinski definition) is 0. The Kier molecular flexibility index (Phi) is 2.04. The minimum absolute atomic E-state index is 0.317. The molecule has 0 saturated carbocycles. The molecule has 1 fully saturated rings. The van der Waals surface area contributed by atoms with Gasteiger partial charge in [0.05, 0.1) is 0 Å². The second-order valence-corrected chi connectivity index (χ2v) is 4.29. The molecule has 1 aromatic rings. The Morgan fingerprint density at radius 3 is 2.88 bits per heavy atom. The van der Waals surface area contributed by atoms with E-state index in [4.69, 9.17) is 4.74 Å². The van der Waals surface area contributed by atoms with Crippen molar-refractivity contribution in [2.45, 2.75) is 18.7 Å². The lowest BCUT2D eigenvalue weighted by atomic mass is 10.0. The Morgan fingerprint density at radius 2 is 2.12 bits per heavy atom. The standard InChI is InChI=1S/C13H12N2O2/c1-13-8-5-9-14-11(13)15(12(16)17-13)10-6-3-2-4-7-10/h2-9,11H,1H3/t11-,13-/m0/s1. The van der Waals surface area contributed by atoms with Crippen molar-refractivity contribution in [1.82, 2.24) is 0 Å². The van der Waals surface area contributed by atoms with Gasteiger partial charge in [-0.25, -0.2) is 4.79 Å². The van der Waals surface area contributed by atoms with Gasteiger partial charge in [0.15, 0.2) is 11.8 Å². The molecule has 2 atom stereocenters. The average Bonchev–Trinajstić information content (AvgIpc) is 2.60. The topological polar surface area (TPSA) is 41.9 Å². The van der Waals surface area contributed by atoms with Crippen LogP contribution in [0.4, 0.5) is 10.5 Å². The summed E-state index contributed by atoms with van der Waals surface area (Å²) in [4.78, 5) is 17.9. The molecule has 1 aromatic carbocycles. The highest BCUT2D eigenvalue weighted by atomic mass is 16.6. The average molecular weight is 228 g/mol. The summed E-state index contributed by atoms with van der Waals surface area (Å²) in [6.45, 7) is 1.87. The number of anilines is 1. The molecule has 4 heteroatoms. The van der Waals surface area contributed by atoms with Crippen molar-refractivity contribution in [3.8, 4) is 0 Å². The van der Waals surface area contributed by atoms with Crippen LogP contribution in [0.3, 0.4) is 0 Å². The molecule has 2 aliphatic rings. The zero-order valence-electron chi connectivity index (χ0n) is 9.41. The number of benzene rings is 1. The molecule has 1 amide bonds. The molecule has 2 heterocycles. The third-order valence-electron chi connectivity index (χ3n) is 3.04. The maximum atomic E-state index is 11.9. The molecule has 0 bridgehead atoms. The Hall–Kier alpha value is -2.10. The third-order valence-corrected chi connectivity index (χ3v) is 3.04. The summed E-state index contributed by atoms with van der Waals surface area (Å²) in [7, 11) is 0. The van der Waals surface area contributed by atoms with E-state index < -0.39 is 5.60 Å². The SMILES string of the molecule is C[C@]12C=CC=N[C@H]1N(c1ccccc1)C(=O)O2. The minimum atomic E-state index is -0.665. The van der Waals surface area contributed by atoms with Gasteiger partial charge in [-0.05, 0) is 31.2 Å². The van der Waals surface area contributed by atoms with Crippen molar-refractivity contribution >= 4 is 18.0 Å². The van der Waals surface area contributed by atoms with Gasteiger partial charge in [-0.3, -0.25) is 9.89 Å². The Morgan fingerprint density at radius 1 is 1.35 bits per heavy atom.